The third-order valence-corrected chi connectivity index (χ3v) is 5.60. The van der Waals surface area contributed by atoms with Crippen molar-refractivity contribution >= 4 is 22.9 Å². The molecule has 2 unspecified atom stereocenters. The van der Waals surface area contributed by atoms with Gasteiger partial charge in [0.05, 0.1) is 34.9 Å². The number of nitrogen functional groups attached to an aromatic ring is 1. The van der Waals surface area contributed by atoms with Gasteiger partial charge in [0.2, 0.25) is 0 Å². The Balaban J connectivity index is 1.66. The second-order valence-corrected chi connectivity index (χ2v) is 7.69. The molecule has 0 spiro atoms. The topological polar surface area (TPSA) is 116 Å². The van der Waals surface area contributed by atoms with Crippen LogP contribution in [0.1, 0.15) is 28.9 Å². The van der Waals surface area contributed by atoms with Gasteiger partial charge in [-0.3, -0.25) is 9.78 Å². The Bertz CT molecular complexity index is 1210. The minimum atomic E-state index is -0.789. The fourth-order valence-corrected chi connectivity index (χ4v) is 3.90. The number of nitrogens with zero attached hydrogens (tertiary/aromatic N) is 2. The van der Waals surface area contributed by atoms with Crippen LogP contribution in [0.3, 0.4) is 0 Å². The first kappa shape index (κ1) is 22.5. The number of hydrogen-bond acceptors (Lipinski definition) is 6. The van der Waals surface area contributed by atoms with E-state index in [0.29, 0.717) is 12.1 Å². The number of carbonyl (C=O) groups is 1. The smallest absolute Gasteiger partial charge is 0.276 e. The van der Waals surface area contributed by atoms with Crippen LogP contribution >= 0.6 is 0 Å². The van der Waals surface area contributed by atoms with Gasteiger partial charge in [0.15, 0.2) is 5.69 Å². The number of benzene rings is 1. The number of allylic oxidation sites excluding steroid dienone is 1. The Labute approximate surface area is 189 Å². The first-order valence-electron chi connectivity index (χ1n) is 10.3. The molecule has 1 aliphatic carbocycles. The van der Waals surface area contributed by atoms with Crippen molar-refractivity contribution < 1.29 is 18.3 Å². The number of hydrogen-bond donors (Lipinski definition) is 3. The molecule has 33 heavy (non-hydrogen) atoms. The van der Waals surface area contributed by atoms with Crippen LogP contribution in [-0.4, -0.2) is 35.1 Å². The molecule has 2 atom stereocenters. The third-order valence-electron chi connectivity index (χ3n) is 5.60. The summed E-state index contributed by atoms with van der Waals surface area (Å²) in [6.07, 6.45) is 6.42. The quantitative estimate of drug-likeness (QED) is 0.544. The Morgan fingerprint density at radius 1 is 1.18 bits per heavy atom. The van der Waals surface area contributed by atoms with Crippen LogP contribution in [0.4, 0.5) is 20.2 Å². The molecule has 2 aromatic heterocycles. The first-order valence-corrected chi connectivity index (χ1v) is 10.3. The van der Waals surface area contributed by atoms with E-state index in [4.69, 9.17) is 16.2 Å². The van der Waals surface area contributed by atoms with Gasteiger partial charge in [0, 0.05) is 24.9 Å². The molecule has 0 fully saturated rings. The van der Waals surface area contributed by atoms with Crippen LogP contribution < -0.4 is 16.8 Å². The van der Waals surface area contributed by atoms with Crippen LogP contribution in [0, 0.1) is 11.6 Å². The zero-order chi connectivity index (χ0) is 23.5. The number of ether oxygens (including phenoxy) is 1. The normalized spacial score (nSPS) is 18.0. The lowest BCUT2D eigenvalue weighted by molar-refractivity contribution is 0.0834. The van der Waals surface area contributed by atoms with E-state index < -0.39 is 17.5 Å². The maximum Gasteiger partial charge on any atom is 0.276 e. The van der Waals surface area contributed by atoms with Crippen LogP contribution in [0.5, 0.6) is 0 Å². The van der Waals surface area contributed by atoms with Gasteiger partial charge in [-0.05, 0) is 48.7 Å². The molecule has 5 N–H and O–H groups in total. The maximum absolute atomic E-state index is 14.2. The van der Waals surface area contributed by atoms with E-state index in [-0.39, 0.29) is 34.8 Å². The Hall–Kier alpha value is -3.69. The van der Waals surface area contributed by atoms with Crippen LogP contribution in [0.2, 0.25) is 0 Å². The number of carbonyl (C=O) groups excluding carboxylic acids is 1. The molecule has 0 aliphatic heterocycles. The van der Waals surface area contributed by atoms with Gasteiger partial charge < -0.3 is 21.5 Å². The molecular weight excluding hydrogens is 428 g/mol. The van der Waals surface area contributed by atoms with Gasteiger partial charge in [0.25, 0.3) is 5.91 Å². The summed E-state index contributed by atoms with van der Waals surface area (Å²) in [5, 5.41) is 2.77. The molecule has 1 amide bonds. The van der Waals surface area contributed by atoms with Gasteiger partial charge in [-0.2, -0.15) is 0 Å². The minimum Gasteiger partial charge on any atom is -0.397 e. The maximum atomic E-state index is 14.2. The number of nitrogens with two attached hydrogens (primary N) is 2. The molecule has 7 nitrogen and oxygen atoms in total. The van der Waals surface area contributed by atoms with Gasteiger partial charge in [-0.1, -0.05) is 12.1 Å². The predicted molar refractivity (Wildman–Crippen MR) is 122 cm³/mol. The minimum absolute atomic E-state index is 0.0390. The molecule has 0 radical (unpaired) electrons. The standard InChI is InChI=1S/C24H23F2N5O2/c1-33-21-8-5-13(11-18(21)28)14-9-10-29-12-20(14)31-24(32)23-17(27)6-7-19(30-23)22-15(25)3-2-4-16(22)26/h2-4,6-7,9-12,18,21H,5,8,27-28H2,1H3,(H,31,32). The molecular formula is C24H23F2N5O2. The largest absolute Gasteiger partial charge is 0.397 e. The summed E-state index contributed by atoms with van der Waals surface area (Å²) in [5.74, 6) is -2.21. The van der Waals surface area contributed by atoms with Crippen molar-refractivity contribution in [3.63, 3.8) is 0 Å². The number of nitrogens with one attached hydrogen (secondary N) is 1. The van der Waals surface area contributed by atoms with Crippen molar-refractivity contribution in [3.05, 3.63) is 77.8 Å². The molecule has 9 heteroatoms. The van der Waals surface area contributed by atoms with Crippen molar-refractivity contribution in [1.29, 1.82) is 0 Å². The number of amides is 1. The van der Waals surface area contributed by atoms with E-state index in [9.17, 15) is 13.6 Å². The van der Waals surface area contributed by atoms with Crippen molar-refractivity contribution in [2.75, 3.05) is 18.2 Å². The second kappa shape index (κ2) is 9.43. The average molecular weight is 451 g/mol. The van der Waals surface area contributed by atoms with Gasteiger partial charge >= 0.3 is 0 Å². The van der Waals surface area contributed by atoms with Crippen molar-refractivity contribution in [2.45, 2.75) is 25.0 Å². The Kier molecular flexibility index (Phi) is 6.43. The van der Waals surface area contributed by atoms with Gasteiger partial charge in [-0.25, -0.2) is 13.8 Å². The lowest BCUT2D eigenvalue weighted by Crippen LogP contribution is -2.36. The van der Waals surface area contributed by atoms with Crippen molar-refractivity contribution in [2.24, 2.45) is 5.73 Å². The Morgan fingerprint density at radius 3 is 2.64 bits per heavy atom. The number of aromatic nitrogens is 2. The van der Waals surface area contributed by atoms with Crippen LogP contribution in [0.15, 0.2) is 54.9 Å². The first-order chi connectivity index (χ1) is 15.9. The number of halogens is 2. The summed E-state index contributed by atoms with van der Waals surface area (Å²) in [4.78, 5) is 21.3. The lowest BCUT2D eigenvalue weighted by atomic mass is 9.89. The van der Waals surface area contributed by atoms with Gasteiger partial charge in [0.1, 0.15) is 11.6 Å². The van der Waals surface area contributed by atoms with Crippen LogP contribution in [0.25, 0.3) is 16.8 Å². The van der Waals surface area contributed by atoms with E-state index in [2.05, 4.69) is 15.3 Å². The fraction of sp³-hybridized carbons (Fsp3) is 0.208. The number of anilines is 2. The van der Waals surface area contributed by atoms with E-state index in [1.807, 2.05) is 6.08 Å². The molecule has 4 rings (SSSR count). The molecule has 0 saturated carbocycles. The summed E-state index contributed by atoms with van der Waals surface area (Å²) in [6, 6.07) is 7.75. The zero-order valence-corrected chi connectivity index (χ0v) is 17.9. The summed E-state index contributed by atoms with van der Waals surface area (Å²) in [5.41, 5.74) is 13.9. The number of pyridine rings is 2. The monoisotopic (exact) mass is 451 g/mol. The highest BCUT2D eigenvalue weighted by Gasteiger charge is 2.24. The van der Waals surface area contributed by atoms with Crippen molar-refractivity contribution in [1.82, 2.24) is 9.97 Å². The molecule has 0 bridgehead atoms. The highest BCUT2D eigenvalue weighted by atomic mass is 19.1. The zero-order valence-electron chi connectivity index (χ0n) is 17.9. The summed E-state index contributed by atoms with van der Waals surface area (Å²) in [6.45, 7) is 0. The SMILES string of the molecule is COC1CCC(c2ccncc2NC(=O)c2nc(-c3c(F)cccc3F)ccc2N)=CC1N. The van der Waals surface area contributed by atoms with Crippen LogP contribution in [-0.2, 0) is 4.74 Å². The van der Waals surface area contributed by atoms with E-state index in [1.54, 1.807) is 19.4 Å². The van der Waals surface area contributed by atoms with E-state index >= 15 is 0 Å². The molecule has 3 aromatic rings. The summed E-state index contributed by atoms with van der Waals surface area (Å²) < 4.78 is 33.8. The molecule has 2 heterocycles. The second-order valence-electron chi connectivity index (χ2n) is 7.69. The highest BCUT2D eigenvalue weighted by molar-refractivity contribution is 6.07. The number of methoxy groups -OCH3 is 1. The molecule has 1 aromatic carbocycles. The average Bonchev–Trinajstić information content (AvgIpc) is 2.80. The third kappa shape index (κ3) is 4.59. The molecule has 170 valence electrons. The predicted octanol–water partition coefficient (Wildman–Crippen LogP) is 3.78. The van der Waals surface area contributed by atoms with E-state index in [0.717, 1.165) is 29.7 Å². The van der Waals surface area contributed by atoms with Gasteiger partial charge in [-0.15, -0.1) is 0 Å². The van der Waals surface area contributed by atoms with Crippen molar-refractivity contribution in [3.8, 4) is 11.3 Å². The lowest BCUT2D eigenvalue weighted by Gasteiger charge is -2.27. The highest BCUT2D eigenvalue weighted by Crippen LogP contribution is 2.32. The van der Waals surface area contributed by atoms with E-state index in [1.165, 1.54) is 24.4 Å². The molecule has 0 saturated heterocycles. The molecule has 1 aliphatic rings. The number of rotatable bonds is 5. The Morgan fingerprint density at radius 2 is 1.94 bits per heavy atom. The summed E-state index contributed by atoms with van der Waals surface area (Å²) in [7, 11) is 1.63. The fourth-order valence-electron chi connectivity index (χ4n) is 3.90. The summed E-state index contributed by atoms with van der Waals surface area (Å²) >= 11 is 0.